The van der Waals surface area contributed by atoms with Crippen LogP contribution in [0.15, 0.2) is 4.99 Å². The lowest BCUT2D eigenvalue weighted by atomic mass is 10.2. The first kappa shape index (κ1) is 12.7. The van der Waals surface area contributed by atoms with Crippen LogP contribution in [0.4, 0.5) is 0 Å². The molecule has 1 saturated carbocycles. The van der Waals surface area contributed by atoms with Gasteiger partial charge in [0.2, 0.25) is 0 Å². The molecular weight excluding hydrogens is 206 g/mol. The molecule has 0 spiro atoms. The van der Waals surface area contributed by atoms with Gasteiger partial charge in [0.05, 0.1) is 0 Å². The first-order valence-corrected chi connectivity index (χ1v) is 7.10. The second-order valence-electron chi connectivity index (χ2n) is 4.23. The van der Waals surface area contributed by atoms with Crippen LogP contribution in [-0.2, 0) is 0 Å². The van der Waals surface area contributed by atoms with Gasteiger partial charge in [-0.25, -0.2) is 0 Å². The molecule has 0 heterocycles. The molecule has 1 aliphatic rings. The molecule has 4 heteroatoms. The number of rotatable bonds is 5. The highest BCUT2D eigenvalue weighted by Crippen LogP contribution is 2.17. The van der Waals surface area contributed by atoms with E-state index in [0.29, 0.717) is 17.3 Å². The molecule has 0 bridgehead atoms. The summed E-state index contributed by atoms with van der Waals surface area (Å²) in [6, 6.07) is 0.576. The zero-order valence-electron chi connectivity index (χ0n) is 9.83. The van der Waals surface area contributed by atoms with Crippen LogP contribution in [0.25, 0.3) is 0 Å². The fraction of sp³-hybridized carbons (Fsp3) is 0.909. The average molecular weight is 229 g/mol. The van der Waals surface area contributed by atoms with Gasteiger partial charge >= 0.3 is 0 Å². The van der Waals surface area contributed by atoms with Gasteiger partial charge in [0.1, 0.15) is 0 Å². The monoisotopic (exact) mass is 229 g/mol. The predicted molar refractivity (Wildman–Crippen MR) is 69.5 cm³/mol. The van der Waals surface area contributed by atoms with Crippen LogP contribution >= 0.6 is 11.8 Å². The van der Waals surface area contributed by atoms with E-state index in [-0.39, 0.29) is 0 Å². The Labute approximate surface area is 97.3 Å². The summed E-state index contributed by atoms with van der Waals surface area (Å²) in [5.41, 5.74) is 5.81. The zero-order valence-corrected chi connectivity index (χ0v) is 10.6. The standard InChI is InChI=1S/C11H23N3S/c1-9(15-2)7-8-13-11(12)14-10-5-3-4-6-10/h9-10H,3-8H2,1-2H3,(H3,12,13,14). The Balaban J connectivity index is 2.14. The molecule has 1 fully saturated rings. The minimum atomic E-state index is 0.576. The van der Waals surface area contributed by atoms with E-state index >= 15 is 0 Å². The third-order valence-electron chi connectivity index (χ3n) is 2.93. The third-order valence-corrected chi connectivity index (χ3v) is 3.97. The molecule has 1 rings (SSSR count). The summed E-state index contributed by atoms with van der Waals surface area (Å²) >= 11 is 1.88. The SMILES string of the molecule is CSC(C)CCN=C(N)NC1CCCC1. The molecule has 1 atom stereocenters. The van der Waals surface area contributed by atoms with Gasteiger partial charge in [0, 0.05) is 17.8 Å². The van der Waals surface area contributed by atoms with Crippen molar-refractivity contribution in [1.29, 1.82) is 0 Å². The first-order valence-electron chi connectivity index (χ1n) is 5.81. The van der Waals surface area contributed by atoms with Crippen LogP contribution < -0.4 is 11.1 Å². The molecule has 0 aromatic heterocycles. The minimum absolute atomic E-state index is 0.576. The number of nitrogens with zero attached hydrogens (tertiary/aromatic N) is 1. The maximum absolute atomic E-state index is 5.81. The second-order valence-corrected chi connectivity index (χ2v) is 5.50. The summed E-state index contributed by atoms with van der Waals surface area (Å²) in [5, 5.41) is 3.97. The van der Waals surface area contributed by atoms with Crippen LogP contribution in [0, 0.1) is 0 Å². The van der Waals surface area contributed by atoms with E-state index in [9.17, 15) is 0 Å². The fourth-order valence-corrected chi connectivity index (χ4v) is 2.15. The van der Waals surface area contributed by atoms with Crippen molar-refractivity contribution in [2.75, 3.05) is 12.8 Å². The van der Waals surface area contributed by atoms with Gasteiger partial charge in [-0.3, -0.25) is 4.99 Å². The van der Waals surface area contributed by atoms with Crippen molar-refractivity contribution in [3.05, 3.63) is 0 Å². The number of hydrogen-bond acceptors (Lipinski definition) is 2. The summed E-state index contributed by atoms with van der Waals surface area (Å²) in [7, 11) is 0. The van der Waals surface area contributed by atoms with E-state index in [1.807, 2.05) is 11.8 Å². The van der Waals surface area contributed by atoms with Crippen molar-refractivity contribution in [1.82, 2.24) is 5.32 Å². The molecule has 0 saturated heterocycles. The van der Waals surface area contributed by atoms with Crippen molar-refractivity contribution in [3.63, 3.8) is 0 Å². The molecule has 88 valence electrons. The first-order chi connectivity index (χ1) is 7.22. The molecule has 1 unspecified atom stereocenters. The maximum Gasteiger partial charge on any atom is 0.188 e. The molecule has 3 nitrogen and oxygen atoms in total. The van der Waals surface area contributed by atoms with Gasteiger partial charge in [-0.1, -0.05) is 19.8 Å². The van der Waals surface area contributed by atoms with Crippen LogP contribution in [0.2, 0.25) is 0 Å². The van der Waals surface area contributed by atoms with Gasteiger partial charge in [-0.15, -0.1) is 0 Å². The smallest absolute Gasteiger partial charge is 0.188 e. The van der Waals surface area contributed by atoms with Crippen molar-refractivity contribution >= 4 is 17.7 Å². The van der Waals surface area contributed by atoms with Crippen LogP contribution in [-0.4, -0.2) is 30.1 Å². The quantitative estimate of drug-likeness (QED) is 0.560. The second kappa shape index (κ2) is 6.99. The summed E-state index contributed by atoms with van der Waals surface area (Å²) in [4.78, 5) is 4.35. The van der Waals surface area contributed by atoms with Crippen LogP contribution in [0.1, 0.15) is 39.0 Å². The van der Waals surface area contributed by atoms with Crippen molar-refractivity contribution in [2.24, 2.45) is 10.7 Å². The lowest BCUT2D eigenvalue weighted by Gasteiger charge is -2.12. The third kappa shape index (κ3) is 5.30. The lowest BCUT2D eigenvalue weighted by Crippen LogP contribution is -2.38. The molecule has 0 aliphatic heterocycles. The molecular formula is C11H23N3S. The summed E-state index contributed by atoms with van der Waals surface area (Å²) in [6.45, 7) is 3.06. The Morgan fingerprint density at radius 1 is 1.53 bits per heavy atom. The lowest BCUT2D eigenvalue weighted by molar-refractivity contribution is 0.624. The normalized spacial score (nSPS) is 20.5. The highest BCUT2D eigenvalue weighted by Gasteiger charge is 2.14. The molecule has 3 N–H and O–H groups in total. The Morgan fingerprint density at radius 2 is 2.20 bits per heavy atom. The number of nitrogens with one attached hydrogen (secondary N) is 1. The summed E-state index contributed by atoms with van der Waals surface area (Å²) < 4.78 is 0. The molecule has 0 aromatic carbocycles. The van der Waals surface area contributed by atoms with E-state index in [1.165, 1.54) is 25.7 Å². The molecule has 1 aliphatic carbocycles. The molecule has 0 aromatic rings. The van der Waals surface area contributed by atoms with Crippen molar-refractivity contribution in [3.8, 4) is 0 Å². The number of hydrogen-bond donors (Lipinski definition) is 2. The minimum Gasteiger partial charge on any atom is -0.370 e. The van der Waals surface area contributed by atoms with E-state index in [0.717, 1.165) is 13.0 Å². The largest absolute Gasteiger partial charge is 0.370 e. The Bertz CT molecular complexity index is 200. The van der Waals surface area contributed by atoms with Gasteiger partial charge in [0.15, 0.2) is 5.96 Å². The summed E-state index contributed by atoms with van der Waals surface area (Å²) in [6.07, 6.45) is 8.39. The van der Waals surface area contributed by atoms with Gasteiger partial charge in [-0.2, -0.15) is 11.8 Å². The Morgan fingerprint density at radius 3 is 2.80 bits per heavy atom. The highest BCUT2D eigenvalue weighted by molar-refractivity contribution is 7.99. The average Bonchev–Trinajstić information content (AvgIpc) is 2.70. The molecule has 0 amide bonds. The topological polar surface area (TPSA) is 50.4 Å². The van der Waals surface area contributed by atoms with Gasteiger partial charge < -0.3 is 11.1 Å². The number of nitrogens with two attached hydrogens (primary N) is 1. The highest BCUT2D eigenvalue weighted by atomic mass is 32.2. The van der Waals surface area contributed by atoms with Crippen molar-refractivity contribution < 1.29 is 0 Å². The predicted octanol–water partition coefficient (Wildman–Crippen LogP) is 1.97. The van der Waals surface area contributed by atoms with Crippen LogP contribution in [0.3, 0.4) is 0 Å². The Kier molecular flexibility index (Phi) is 5.91. The summed E-state index contributed by atoms with van der Waals surface area (Å²) in [5.74, 6) is 0.634. The van der Waals surface area contributed by atoms with Crippen molar-refractivity contribution in [2.45, 2.75) is 50.3 Å². The molecule has 15 heavy (non-hydrogen) atoms. The number of thioether (sulfide) groups is 1. The maximum atomic E-state index is 5.81. The van der Waals surface area contributed by atoms with E-state index in [2.05, 4.69) is 23.5 Å². The van der Waals surface area contributed by atoms with Gasteiger partial charge in [-0.05, 0) is 25.5 Å². The van der Waals surface area contributed by atoms with Gasteiger partial charge in [0.25, 0.3) is 0 Å². The molecule has 0 radical (unpaired) electrons. The number of guanidine groups is 1. The van der Waals surface area contributed by atoms with E-state index < -0.39 is 0 Å². The Hall–Kier alpha value is -0.380. The fourth-order valence-electron chi connectivity index (χ4n) is 1.81. The number of aliphatic imine (C=N–C) groups is 1. The van der Waals surface area contributed by atoms with Crippen LogP contribution in [0.5, 0.6) is 0 Å². The van der Waals surface area contributed by atoms with E-state index in [1.54, 1.807) is 0 Å². The zero-order chi connectivity index (χ0) is 11.1. The van der Waals surface area contributed by atoms with E-state index in [4.69, 9.17) is 5.73 Å².